The molecule has 6 aliphatic rings. The molecule has 5 aliphatic carbocycles. The maximum Gasteiger partial charge on any atom is 0.0796 e. The predicted molar refractivity (Wildman–Crippen MR) is 112 cm³/mol. The minimum absolute atomic E-state index is 0.0248. The number of ether oxygens (including phenoxy) is 3. The van der Waals surface area contributed by atoms with E-state index in [0.29, 0.717) is 13.0 Å². The summed E-state index contributed by atoms with van der Waals surface area (Å²) in [4.78, 5) is 2.52. The monoisotopic (exact) mass is 437 g/mol. The highest BCUT2D eigenvalue weighted by Gasteiger charge is 2.86. The Morgan fingerprint density at radius 2 is 1.87 bits per heavy atom. The Balaban J connectivity index is 1.62. The molecule has 0 aromatic heterocycles. The Hall–Kier alpha value is -0.280. The summed E-state index contributed by atoms with van der Waals surface area (Å²) in [5, 5.41) is 35.7. The quantitative estimate of drug-likeness (QED) is 0.577. The van der Waals surface area contributed by atoms with Gasteiger partial charge in [-0.2, -0.15) is 0 Å². The fourth-order valence-corrected chi connectivity index (χ4v) is 10.7. The molecule has 7 nitrogen and oxygen atoms in total. The summed E-state index contributed by atoms with van der Waals surface area (Å²) < 4.78 is 18.0. The Labute approximate surface area is 185 Å². The van der Waals surface area contributed by atoms with Crippen LogP contribution < -0.4 is 0 Å². The summed E-state index contributed by atoms with van der Waals surface area (Å²) >= 11 is 0. The van der Waals surface area contributed by atoms with E-state index in [9.17, 15) is 15.3 Å². The molecule has 1 saturated heterocycles. The molecule has 1 heterocycles. The van der Waals surface area contributed by atoms with Gasteiger partial charge in [-0.25, -0.2) is 0 Å². The number of piperidine rings is 1. The second-order valence-electron chi connectivity index (χ2n) is 11.6. The van der Waals surface area contributed by atoms with E-state index in [1.54, 1.807) is 21.3 Å². The molecule has 6 rings (SSSR count). The zero-order chi connectivity index (χ0) is 21.9. The van der Waals surface area contributed by atoms with E-state index in [4.69, 9.17) is 14.2 Å². The van der Waals surface area contributed by atoms with Crippen LogP contribution in [0.3, 0.4) is 0 Å². The molecule has 0 aromatic carbocycles. The molecule has 13 atom stereocenters. The van der Waals surface area contributed by atoms with Crippen molar-refractivity contribution in [1.82, 2.24) is 4.90 Å². The maximum absolute atomic E-state index is 12.5. The fraction of sp³-hybridized carbons (Fsp3) is 1.00. The molecule has 6 fully saturated rings. The second-order valence-corrected chi connectivity index (χ2v) is 11.6. The largest absolute Gasteiger partial charge is 0.392 e. The van der Waals surface area contributed by atoms with Crippen molar-refractivity contribution in [1.29, 1.82) is 0 Å². The summed E-state index contributed by atoms with van der Waals surface area (Å²) in [6.45, 7) is 4.63. The van der Waals surface area contributed by atoms with E-state index in [0.717, 1.165) is 32.4 Å². The Bertz CT molecular complexity index is 752. The van der Waals surface area contributed by atoms with Crippen molar-refractivity contribution in [3.05, 3.63) is 0 Å². The van der Waals surface area contributed by atoms with Gasteiger partial charge in [0.25, 0.3) is 0 Å². The third-order valence-electron chi connectivity index (χ3n) is 11.1. The van der Waals surface area contributed by atoms with Crippen molar-refractivity contribution in [2.45, 2.75) is 68.7 Å². The Morgan fingerprint density at radius 1 is 1.10 bits per heavy atom. The molecular weight excluding hydrogens is 398 g/mol. The van der Waals surface area contributed by atoms with E-state index in [-0.39, 0.29) is 58.7 Å². The average Bonchev–Trinajstić information content (AvgIpc) is 3.16. The third-order valence-corrected chi connectivity index (χ3v) is 11.1. The van der Waals surface area contributed by atoms with Crippen LogP contribution in [0.4, 0.5) is 0 Å². The Kier molecular flexibility index (Phi) is 4.56. The number of nitrogens with zero attached hydrogens (tertiary/aromatic N) is 1. The normalized spacial score (nSPS) is 61.6. The van der Waals surface area contributed by atoms with Gasteiger partial charge in [-0.3, -0.25) is 4.90 Å². The van der Waals surface area contributed by atoms with Crippen molar-refractivity contribution in [3.8, 4) is 0 Å². The van der Waals surface area contributed by atoms with Crippen molar-refractivity contribution < 1.29 is 29.5 Å². The van der Waals surface area contributed by atoms with E-state index in [1.807, 2.05) is 0 Å². The number of hydrogen-bond donors (Lipinski definition) is 3. The number of methoxy groups -OCH3 is 3. The van der Waals surface area contributed by atoms with Gasteiger partial charge in [0.05, 0.1) is 36.6 Å². The number of aliphatic hydroxyl groups excluding tert-OH is 2. The van der Waals surface area contributed by atoms with Gasteiger partial charge in [-0.15, -0.1) is 0 Å². The zero-order valence-electron chi connectivity index (χ0n) is 19.2. The number of fused-ring (bicyclic) bond motifs is 2. The van der Waals surface area contributed by atoms with Crippen LogP contribution in [0.2, 0.25) is 0 Å². The average molecular weight is 438 g/mol. The summed E-state index contributed by atoms with van der Waals surface area (Å²) in [6.07, 6.45) is 1.65. The van der Waals surface area contributed by atoms with Gasteiger partial charge >= 0.3 is 0 Å². The molecule has 7 heteroatoms. The van der Waals surface area contributed by atoms with Crippen LogP contribution in [0, 0.1) is 40.4 Å². The highest BCUT2D eigenvalue weighted by molar-refractivity contribution is 5.35. The van der Waals surface area contributed by atoms with E-state index in [2.05, 4.69) is 11.8 Å². The summed E-state index contributed by atoms with van der Waals surface area (Å²) in [7, 11) is 5.24. The van der Waals surface area contributed by atoms with Gasteiger partial charge in [0.2, 0.25) is 0 Å². The first-order valence-electron chi connectivity index (χ1n) is 12.2. The molecule has 1 aliphatic heterocycles. The van der Waals surface area contributed by atoms with Crippen molar-refractivity contribution in [2.24, 2.45) is 40.4 Å². The van der Waals surface area contributed by atoms with Crippen molar-refractivity contribution in [3.63, 3.8) is 0 Å². The standard InChI is InChI=1S/C24H39NO6/c1-5-25-10-22(11-29-2)7-6-15(26)24-13-8-12-14(30-3)9-23(28,16(13)18(12)27)17(21(24)25)19(31-4)20(22)24/h12-21,26-28H,5-11H2,1-4H3/t12-,13?,14+,15+,16?,17+,18+,19+,20?,21-,22+,23-,24+/m1/s1. The van der Waals surface area contributed by atoms with Gasteiger partial charge in [0.1, 0.15) is 0 Å². The summed E-state index contributed by atoms with van der Waals surface area (Å²) in [5.41, 5.74) is -1.54. The van der Waals surface area contributed by atoms with Gasteiger partial charge in [0.15, 0.2) is 0 Å². The number of aliphatic hydroxyl groups is 3. The molecule has 3 unspecified atom stereocenters. The van der Waals surface area contributed by atoms with Gasteiger partial charge in [-0.1, -0.05) is 6.92 Å². The lowest BCUT2D eigenvalue weighted by Crippen LogP contribution is -2.76. The molecule has 3 N–H and O–H groups in total. The predicted octanol–water partition coefficient (Wildman–Crippen LogP) is 0.502. The fourth-order valence-electron chi connectivity index (χ4n) is 10.7. The molecule has 1 spiro atoms. The van der Waals surface area contributed by atoms with Gasteiger partial charge < -0.3 is 29.5 Å². The maximum atomic E-state index is 12.5. The number of rotatable bonds is 5. The smallest absolute Gasteiger partial charge is 0.0796 e. The molecule has 31 heavy (non-hydrogen) atoms. The lowest BCUT2D eigenvalue weighted by Gasteiger charge is -2.68. The van der Waals surface area contributed by atoms with Gasteiger partial charge in [-0.05, 0) is 31.7 Å². The van der Waals surface area contributed by atoms with Crippen LogP contribution in [0.5, 0.6) is 0 Å². The first-order valence-corrected chi connectivity index (χ1v) is 12.2. The topological polar surface area (TPSA) is 91.6 Å². The van der Waals surface area contributed by atoms with Crippen LogP contribution in [0.1, 0.15) is 32.6 Å². The first kappa shape index (κ1) is 21.3. The molecule has 7 bridgehead atoms. The van der Waals surface area contributed by atoms with Crippen LogP contribution in [-0.2, 0) is 14.2 Å². The SMILES string of the molecule is CCN1C[C@]2(COC)CC[C@H](O)[C@@]34C5C[C@@H]6[C@@H](OC)C[C@@](O)(C5[C@H]6O)[C@@H]([C@H](OC)C23)[C@@H]14. The van der Waals surface area contributed by atoms with Crippen molar-refractivity contribution in [2.75, 3.05) is 41.0 Å². The second kappa shape index (κ2) is 6.65. The number of likely N-dealkylation sites (tertiary alicyclic amines) is 1. The van der Waals surface area contributed by atoms with E-state index in [1.165, 1.54) is 0 Å². The highest BCUT2D eigenvalue weighted by atomic mass is 16.5. The molecular formula is C24H39NO6. The van der Waals surface area contributed by atoms with Crippen LogP contribution in [-0.4, -0.2) is 97.3 Å². The van der Waals surface area contributed by atoms with E-state index >= 15 is 0 Å². The minimum Gasteiger partial charge on any atom is -0.392 e. The molecule has 0 radical (unpaired) electrons. The summed E-state index contributed by atoms with van der Waals surface area (Å²) in [5.74, 6) is -0.168. The molecule has 176 valence electrons. The molecule has 0 aromatic rings. The van der Waals surface area contributed by atoms with E-state index < -0.39 is 17.8 Å². The highest BCUT2D eigenvalue weighted by Crippen LogP contribution is 2.79. The number of hydrogen-bond acceptors (Lipinski definition) is 7. The molecule has 5 saturated carbocycles. The van der Waals surface area contributed by atoms with Crippen LogP contribution in [0.25, 0.3) is 0 Å². The van der Waals surface area contributed by atoms with Gasteiger partial charge in [0, 0.05) is 74.8 Å². The Morgan fingerprint density at radius 3 is 2.52 bits per heavy atom. The lowest BCUT2D eigenvalue weighted by molar-refractivity contribution is -0.272. The lowest BCUT2D eigenvalue weighted by atomic mass is 9.43. The third kappa shape index (κ3) is 2.12. The minimum atomic E-state index is -1.05. The molecule has 0 amide bonds. The first-order chi connectivity index (χ1) is 14.9. The summed E-state index contributed by atoms with van der Waals surface area (Å²) in [6, 6.07) is 0.0561. The van der Waals surface area contributed by atoms with Crippen LogP contribution >= 0.6 is 0 Å². The van der Waals surface area contributed by atoms with Crippen LogP contribution in [0.15, 0.2) is 0 Å². The van der Waals surface area contributed by atoms with Crippen molar-refractivity contribution >= 4 is 0 Å². The zero-order valence-corrected chi connectivity index (χ0v) is 19.2.